The normalized spacial score (nSPS) is 18.6. The fourth-order valence-electron chi connectivity index (χ4n) is 2.45. The average molecular weight is 326 g/mol. The summed E-state index contributed by atoms with van der Waals surface area (Å²) in [5.41, 5.74) is 0.368. The Morgan fingerprint density at radius 1 is 1.32 bits per heavy atom. The van der Waals surface area contributed by atoms with Gasteiger partial charge in [0.2, 0.25) is 10.0 Å². The van der Waals surface area contributed by atoms with Crippen LogP contribution in [0.15, 0.2) is 24.3 Å². The number of rotatable bonds is 6. The maximum absolute atomic E-state index is 13.0. The zero-order chi connectivity index (χ0) is 16.0. The standard InChI is InChI=1S/C15H19FN2O3S/c16-13-5-7-14(8-6-13)18(10-3-9-17)22(19,20)12-15-4-1-2-11-21-15/h5-8,15H,1-4,10-12H2/t15-/m1/s1. The van der Waals surface area contributed by atoms with Gasteiger partial charge in [0.25, 0.3) is 0 Å². The average Bonchev–Trinajstić information content (AvgIpc) is 2.50. The topological polar surface area (TPSA) is 70.4 Å². The fourth-order valence-corrected chi connectivity index (χ4v) is 4.18. The van der Waals surface area contributed by atoms with Crippen molar-refractivity contribution in [2.24, 2.45) is 0 Å². The zero-order valence-corrected chi connectivity index (χ0v) is 13.1. The third-order valence-corrected chi connectivity index (χ3v) is 5.41. The van der Waals surface area contributed by atoms with Crippen molar-refractivity contribution >= 4 is 15.7 Å². The first-order valence-corrected chi connectivity index (χ1v) is 8.88. The SMILES string of the molecule is N#CCCN(c1ccc(F)cc1)S(=O)(=O)C[C@H]1CCCCO1. The molecule has 0 aromatic heterocycles. The van der Waals surface area contributed by atoms with Crippen LogP contribution < -0.4 is 4.31 Å². The number of hydrogen-bond donors (Lipinski definition) is 0. The molecule has 7 heteroatoms. The molecule has 120 valence electrons. The molecule has 0 unspecified atom stereocenters. The summed E-state index contributed by atoms with van der Waals surface area (Å²) >= 11 is 0. The first kappa shape index (κ1) is 16.7. The van der Waals surface area contributed by atoms with E-state index in [-0.39, 0.29) is 24.8 Å². The van der Waals surface area contributed by atoms with Gasteiger partial charge in [-0.25, -0.2) is 12.8 Å². The summed E-state index contributed by atoms with van der Waals surface area (Å²) in [6.07, 6.45) is 2.38. The van der Waals surface area contributed by atoms with Crippen molar-refractivity contribution in [1.29, 1.82) is 5.26 Å². The maximum atomic E-state index is 13.0. The second-order valence-corrected chi connectivity index (χ2v) is 7.16. The van der Waals surface area contributed by atoms with Gasteiger partial charge in [-0.1, -0.05) is 0 Å². The molecule has 1 aromatic carbocycles. The van der Waals surface area contributed by atoms with Crippen LogP contribution in [0, 0.1) is 17.1 Å². The van der Waals surface area contributed by atoms with E-state index in [1.807, 2.05) is 6.07 Å². The van der Waals surface area contributed by atoms with Gasteiger partial charge in [0.05, 0.1) is 30.0 Å². The number of nitriles is 1. The number of anilines is 1. The van der Waals surface area contributed by atoms with Gasteiger partial charge in [-0.05, 0) is 43.5 Å². The summed E-state index contributed by atoms with van der Waals surface area (Å²) in [5.74, 6) is -0.549. The van der Waals surface area contributed by atoms with Crippen molar-refractivity contribution < 1.29 is 17.5 Å². The molecule has 0 aliphatic carbocycles. The minimum Gasteiger partial charge on any atom is -0.377 e. The molecular formula is C15H19FN2O3S. The van der Waals surface area contributed by atoms with Gasteiger partial charge in [0.1, 0.15) is 5.82 Å². The Bertz CT molecular complexity index is 619. The predicted octanol–water partition coefficient (Wildman–Crippen LogP) is 2.44. The van der Waals surface area contributed by atoms with Gasteiger partial charge in [0, 0.05) is 13.2 Å². The minimum absolute atomic E-state index is 0.0528. The molecule has 1 saturated heterocycles. The van der Waals surface area contributed by atoms with E-state index in [9.17, 15) is 12.8 Å². The first-order chi connectivity index (χ1) is 10.5. The maximum Gasteiger partial charge on any atom is 0.237 e. The highest BCUT2D eigenvalue weighted by molar-refractivity contribution is 7.92. The number of hydrogen-bond acceptors (Lipinski definition) is 4. The van der Waals surface area contributed by atoms with E-state index in [1.165, 1.54) is 28.6 Å². The summed E-state index contributed by atoms with van der Waals surface area (Å²) in [6.45, 7) is 0.631. The van der Waals surface area contributed by atoms with Crippen LogP contribution in [0.4, 0.5) is 10.1 Å². The molecule has 1 aromatic rings. The first-order valence-electron chi connectivity index (χ1n) is 7.27. The van der Waals surface area contributed by atoms with Crippen LogP contribution in [0.5, 0.6) is 0 Å². The lowest BCUT2D eigenvalue weighted by atomic mass is 10.1. The van der Waals surface area contributed by atoms with Crippen LogP contribution in [0.25, 0.3) is 0 Å². The number of ether oxygens (including phenoxy) is 1. The summed E-state index contributed by atoms with van der Waals surface area (Å²) < 4.78 is 45.0. The van der Waals surface area contributed by atoms with Crippen molar-refractivity contribution in [3.05, 3.63) is 30.1 Å². The number of halogens is 1. The van der Waals surface area contributed by atoms with E-state index in [1.54, 1.807) is 0 Å². The van der Waals surface area contributed by atoms with Crippen LogP contribution in [0.2, 0.25) is 0 Å². The lowest BCUT2D eigenvalue weighted by Crippen LogP contribution is -2.39. The fraction of sp³-hybridized carbons (Fsp3) is 0.533. The molecule has 0 amide bonds. The van der Waals surface area contributed by atoms with Gasteiger partial charge in [-0.3, -0.25) is 4.31 Å². The molecule has 1 heterocycles. The van der Waals surface area contributed by atoms with Crippen LogP contribution in [-0.2, 0) is 14.8 Å². The second kappa shape index (κ2) is 7.56. The molecule has 1 fully saturated rings. The highest BCUT2D eigenvalue weighted by Gasteiger charge is 2.28. The summed E-state index contributed by atoms with van der Waals surface area (Å²) in [7, 11) is -3.63. The van der Waals surface area contributed by atoms with E-state index >= 15 is 0 Å². The Morgan fingerprint density at radius 2 is 2.05 bits per heavy atom. The van der Waals surface area contributed by atoms with Crippen LogP contribution in [0.3, 0.4) is 0 Å². The number of sulfonamides is 1. The smallest absolute Gasteiger partial charge is 0.237 e. The van der Waals surface area contributed by atoms with Crippen LogP contribution >= 0.6 is 0 Å². The molecule has 2 rings (SSSR count). The van der Waals surface area contributed by atoms with Crippen molar-refractivity contribution in [1.82, 2.24) is 0 Å². The van der Waals surface area contributed by atoms with Gasteiger partial charge in [0.15, 0.2) is 0 Å². The molecule has 22 heavy (non-hydrogen) atoms. The molecule has 0 bridgehead atoms. The third kappa shape index (κ3) is 4.42. The summed E-state index contributed by atoms with van der Waals surface area (Å²) in [5, 5.41) is 8.74. The molecule has 0 N–H and O–H groups in total. The highest BCUT2D eigenvalue weighted by Crippen LogP contribution is 2.22. The number of nitrogens with zero attached hydrogens (tertiary/aromatic N) is 2. The van der Waals surface area contributed by atoms with E-state index in [2.05, 4.69) is 0 Å². The molecular weight excluding hydrogens is 307 g/mol. The molecule has 1 aliphatic heterocycles. The Labute approximate surface area is 130 Å². The Hall–Kier alpha value is -1.65. The molecule has 1 aliphatic rings. The molecule has 0 radical (unpaired) electrons. The van der Waals surface area contributed by atoms with Crippen molar-refractivity contribution in [3.63, 3.8) is 0 Å². The van der Waals surface area contributed by atoms with E-state index in [0.29, 0.717) is 12.3 Å². The van der Waals surface area contributed by atoms with E-state index in [4.69, 9.17) is 10.00 Å². The molecule has 1 atom stereocenters. The lowest BCUT2D eigenvalue weighted by molar-refractivity contribution is 0.0305. The largest absolute Gasteiger partial charge is 0.377 e. The predicted molar refractivity (Wildman–Crippen MR) is 81.4 cm³/mol. The molecule has 0 spiro atoms. The molecule has 0 saturated carbocycles. The van der Waals surface area contributed by atoms with Gasteiger partial charge >= 0.3 is 0 Å². The Kier molecular flexibility index (Phi) is 5.75. The van der Waals surface area contributed by atoms with E-state index in [0.717, 1.165) is 19.3 Å². The van der Waals surface area contributed by atoms with Gasteiger partial charge < -0.3 is 4.74 Å². The number of benzene rings is 1. The lowest BCUT2D eigenvalue weighted by Gasteiger charge is -2.28. The highest BCUT2D eigenvalue weighted by atomic mass is 32.2. The summed E-state index contributed by atoms with van der Waals surface area (Å²) in [6, 6.07) is 7.18. The monoisotopic (exact) mass is 326 g/mol. The Balaban J connectivity index is 2.19. The van der Waals surface area contributed by atoms with Crippen molar-refractivity contribution in [2.45, 2.75) is 31.8 Å². The molecule has 5 nitrogen and oxygen atoms in total. The summed E-state index contributed by atoms with van der Waals surface area (Å²) in [4.78, 5) is 0. The van der Waals surface area contributed by atoms with E-state index < -0.39 is 15.8 Å². The Morgan fingerprint density at radius 3 is 2.64 bits per heavy atom. The third-order valence-electron chi connectivity index (χ3n) is 3.55. The van der Waals surface area contributed by atoms with Gasteiger partial charge in [-0.15, -0.1) is 0 Å². The van der Waals surface area contributed by atoms with Crippen LogP contribution in [-0.4, -0.2) is 33.4 Å². The van der Waals surface area contributed by atoms with Crippen molar-refractivity contribution in [2.75, 3.05) is 23.2 Å². The van der Waals surface area contributed by atoms with Crippen LogP contribution in [0.1, 0.15) is 25.7 Å². The van der Waals surface area contributed by atoms with Gasteiger partial charge in [-0.2, -0.15) is 5.26 Å². The zero-order valence-electron chi connectivity index (χ0n) is 12.2. The van der Waals surface area contributed by atoms with Crippen molar-refractivity contribution in [3.8, 4) is 6.07 Å². The quantitative estimate of drug-likeness (QED) is 0.805. The second-order valence-electron chi connectivity index (χ2n) is 5.22. The minimum atomic E-state index is -3.63.